The molecule has 2 aliphatic rings. The summed E-state index contributed by atoms with van der Waals surface area (Å²) >= 11 is 0. The van der Waals surface area contributed by atoms with Gasteiger partial charge >= 0.3 is 0 Å². The van der Waals surface area contributed by atoms with Gasteiger partial charge in [0.2, 0.25) is 5.91 Å². The minimum Gasteiger partial charge on any atom is -0.390 e. The van der Waals surface area contributed by atoms with E-state index in [0.29, 0.717) is 13.1 Å². The number of hydrogen-bond acceptors (Lipinski definition) is 5. The van der Waals surface area contributed by atoms with Gasteiger partial charge in [0.15, 0.2) is 0 Å². The van der Waals surface area contributed by atoms with Gasteiger partial charge in [0.1, 0.15) is 0 Å². The molecule has 0 unspecified atom stereocenters. The number of carbonyl (C=O) groups is 1. The van der Waals surface area contributed by atoms with Crippen molar-refractivity contribution in [2.45, 2.75) is 43.9 Å². The first-order valence-corrected chi connectivity index (χ1v) is 8.39. The molecule has 0 radical (unpaired) electrons. The highest BCUT2D eigenvalue weighted by atomic mass is 16.5. The van der Waals surface area contributed by atoms with E-state index in [1.165, 1.54) is 0 Å². The molecule has 1 amide bonds. The third-order valence-electron chi connectivity index (χ3n) is 4.88. The maximum atomic E-state index is 12.1. The molecule has 0 bridgehead atoms. The average Bonchev–Trinajstić information content (AvgIpc) is 2.59. The van der Waals surface area contributed by atoms with Crippen molar-refractivity contribution < 1.29 is 14.6 Å². The summed E-state index contributed by atoms with van der Waals surface area (Å²) in [4.78, 5) is 18.4. The fourth-order valence-electron chi connectivity index (χ4n) is 3.43. The fraction of sp³-hybridized carbons (Fsp3) is 0.647. The number of hydrogen-bond donors (Lipinski definition) is 2. The van der Waals surface area contributed by atoms with Crippen molar-refractivity contribution in [1.82, 2.24) is 15.2 Å². The first kappa shape index (κ1) is 16.4. The number of aliphatic hydroxyl groups is 1. The zero-order valence-electron chi connectivity index (χ0n) is 13.4. The molecule has 1 aromatic rings. The number of pyridine rings is 1. The molecular formula is C17H25N3O3. The number of nitrogens with zero attached hydrogens (tertiary/aromatic N) is 2. The zero-order valence-corrected chi connectivity index (χ0v) is 13.4. The molecule has 23 heavy (non-hydrogen) atoms. The quantitative estimate of drug-likeness (QED) is 0.855. The standard InChI is InChI=1S/C17H25N3O3/c21-15-5-3-11-23-17(15)6-9-20(10-7-17)13-16(22)19-12-14-4-1-2-8-18-14/h1-2,4,8,15,21H,3,5-7,9-13H2,(H,19,22)/t15-/m1/s1. The van der Waals surface area contributed by atoms with Gasteiger partial charge in [0, 0.05) is 25.9 Å². The van der Waals surface area contributed by atoms with E-state index in [1.54, 1.807) is 6.20 Å². The van der Waals surface area contributed by atoms with Crippen molar-refractivity contribution >= 4 is 5.91 Å². The van der Waals surface area contributed by atoms with E-state index in [1.807, 2.05) is 18.2 Å². The third-order valence-corrected chi connectivity index (χ3v) is 4.88. The second-order valence-electron chi connectivity index (χ2n) is 6.45. The molecular weight excluding hydrogens is 294 g/mol. The summed E-state index contributed by atoms with van der Waals surface area (Å²) in [7, 11) is 0. The maximum absolute atomic E-state index is 12.1. The van der Waals surface area contributed by atoms with Gasteiger partial charge < -0.3 is 15.2 Å². The highest BCUT2D eigenvalue weighted by molar-refractivity contribution is 5.77. The first-order valence-electron chi connectivity index (χ1n) is 8.39. The van der Waals surface area contributed by atoms with Crippen molar-refractivity contribution in [3.8, 4) is 0 Å². The first-order chi connectivity index (χ1) is 11.2. The van der Waals surface area contributed by atoms with Crippen molar-refractivity contribution in [2.24, 2.45) is 0 Å². The Hall–Kier alpha value is -1.50. The van der Waals surface area contributed by atoms with E-state index in [9.17, 15) is 9.90 Å². The van der Waals surface area contributed by atoms with E-state index in [-0.39, 0.29) is 17.6 Å². The van der Waals surface area contributed by atoms with Gasteiger partial charge in [-0.3, -0.25) is 14.7 Å². The molecule has 2 N–H and O–H groups in total. The molecule has 3 rings (SSSR count). The molecule has 1 spiro atoms. The number of aliphatic hydroxyl groups excluding tert-OH is 1. The smallest absolute Gasteiger partial charge is 0.234 e. The Morgan fingerprint density at radius 2 is 2.26 bits per heavy atom. The molecule has 6 nitrogen and oxygen atoms in total. The second-order valence-corrected chi connectivity index (χ2v) is 6.45. The lowest BCUT2D eigenvalue weighted by Gasteiger charge is -2.46. The molecule has 0 aliphatic carbocycles. The topological polar surface area (TPSA) is 74.7 Å². The maximum Gasteiger partial charge on any atom is 0.234 e. The number of carbonyl (C=O) groups excluding carboxylic acids is 1. The zero-order chi connectivity index (χ0) is 16.1. The lowest BCUT2D eigenvalue weighted by atomic mass is 9.82. The fourth-order valence-corrected chi connectivity index (χ4v) is 3.43. The summed E-state index contributed by atoms with van der Waals surface area (Å²) < 4.78 is 5.89. The Morgan fingerprint density at radius 1 is 1.43 bits per heavy atom. The van der Waals surface area contributed by atoms with Crippen LogP contribution in [0.15, 0.2) is 24.4 Å². The van der Waals surface area contributed by atoms with Crippen LogP contribution in [0.2, 0.25) is 0 Å². The Morgan fingerprint density at radius 3 is 2.96 bits per heavy atom. The van der Waals surface area contributed by atoms with Gasteiger partial charge in [0.25, 0.3) is 0 Å². The monoisotopic (exact) mass is 319 g/mol. The van der Waals surface area contributed by atoms with Crippen LogP contribution in [0, 0.1) is 0 Å². The molecule has 2 saturated heterocycles. The highest BCUT2D eigenvalue weighted by Gasteiger charge is 2.43. The Bertz CT molecular complexity index is 515. The predicted octanol–water partition coefficient (Wildman–Crippen LogP) is 0.704. The molecule has 3 heterocycles. The summed E-state index contributed by atoms with van der Waals surface area (Å²) in [6.07, 6.45) is 4.70. The number of likely N-dealkylation sites (tertiary alicyclic amines) is 1. The lowest BCUT2D eigenvalue weighted by Crippen LogP contribution is -2.56. The second kappa shape index (κ2) is 7.38. The van der Waals surface area contributed by atoms with Crippen molar-refractivity contribution in [1.29, 1.82) is 0 Å². The number of amides is 1. The number of rotatable bonds is 4. The molecule has 1 aromatic heterocycles. The Kier molecular flexibility index (Phi) is 5.25. The van der Waals surface area contributed by atoms with Crippen LogP contribution in [0.25, 0.3) is 0 Å². The molecule has 126 valence electrons. The van der Waals surface area contributed by atoms with Crippen LogP contribution in [0.3, 0.4) is 0 Å². The normalized spacial score (nSPS) is 24.5. The third kappa shape index (κ3) is 4.07. The van der Waals surface area contributed by atoms with Gasteiger partial charge in [-0.1, -0.05) is 6.07 Å². The van der Waals surface area contributed by atoms with Crippen molar-refractivity contribution in [2.75, 3.05) is 26.2 Å². The van der Waals surface area contributed by atoms with Crippen molar-refractivity contribution in [3.63, 3.8) is 0 Å². The van der Waals surface area contributed by atoms with Crippen LogP contribution >= 0.6 is 0 Å². The van der Waals surface area contributed by atoms with E-state index in [0.717, 1.165) is 51.1 Å². The summed E-state index contributed by atoms with van der Waals surface area (Å²) in [5.41, 5.74) is 0.483. The lowest BCUT2D eigenvalue weighted by molar-refractivity contribution is -0.177. The van der Waals surface area contributed by atoms with Crippen LogP contribution in [-0.4, -0.2) is 58.8 Å². The molecule has 0 aromatic carbocycles. The molecule has 6 heteroatoms. The molecule has 0 saturated carbocycles. The summed E-state index contributed by atoms with van der Waals surface area (Å²) in [5, 5.41) is 13.1. The van der Waals surface area contributed by atoms with Crippen molar-refractivity contribution in [3.05, 3.63) is 30.1 Å². The number of aromatic nitrogens is 1. The minimum atomic E-state index is -0.376. The van der Waals surface area contributed by atoms with Gasteiger partial charge in [-0.15, -0.1) is 0 Å². The predicted molar refractivity (Wildman–Crippen MR) is 85.7 cm³/mol. The summed E-state index contributed by atoms with van der Waals surface area (Å²) in [5.74, 6) is 0.0108. The molecule has 2 aliphatic heterocycles. The van der Waals surface area contributed by atoms with Crippen LogP contribution in [0.5, 0.6) is 0 Å². The summed E-state index contributed by atoms with van der Waals surface area (Å²) in [6.45, 7) is 3.15. The number of ether oxygens (including phenoxy) is 1. The minimum absolute atomic E-state index is 0.0108. The number of piperidine rings is 1. The summed E-state index contributed by atoms with van der Waals surface area (Å²) in [6, 6.07) is 5.66. The van der Waals surface area contributed by atoms with Crippen LogP contribution in [-0.2, 0) is 16.1 Å². The average molecular weight is 319 g/mol. The van der Waals surface area contributed by atoms with E-state index in [2.05, 4.69) is 15.2 Å². The van der Waals surface area contributed by atoms with Crippen LogP contribution in [0.1, 0.15) is 31.4 Å². The number of nitrogens with one attached hydrogen (secondary N) is 1. The van der Waals surface area contributed by atoms with E-state index in [4.69, 9.17) is 4.74 Å². The van der Waals surface area contributed by atoms with Gasteiger partial charge in [-0.2, -0.15) is 0 Å². The Labute approximate surface area is 136 Å². The highest BCUT2D eigenvalue weighted by Crippen LogP contribution is 2.35. The van der Waals surface area contributed by atoms with Crippen LogP contribution in [0.4, 0.5) is 0 Å². The van der Waals surface area contributed by atoms with Crippen LogP contribution < -0.4 is 5.32 Å². The van der Waals surface area contributed by atoms with E-state index >= 15 is 0 Å². The van der Waals surface area contributed by atoms with Gasteiger partial charge in [0.05, 0.1) is 30.5 Å². The Balaban J connectivity index is 1.42. The van der Waals surface area contributed by atoms with Gasteiger partial charge in [-0.25, -0.2) is 0 Å². The molecule has 1 atom stereocenters. The van der Waals surface area contributed by atoms with E-state index < -0.39 is 0 Å². The SMILES string of the molecule is O=C(CN1CCC2(CC1)OCCC[C@H]2O)NCc1ccccn1. The van der Waals surface area contributed by atoms with Gasteiger partial charge in [-0.05, 0) is 37.8 Å². The molecule has 2 fully saturated rings. The largest absolute Gasteiger partial charge is 0.390 e.